The van der Waals surface area contributed by atoms with Crippen molar-refractivity contribution >= 4 is 39.9 Å². The van der Waals surface area contributed by atoms with Gasteiger partial charge in [-0.15, -0.1) is 0 Å². The Morgan fingerprint density at radius 2 is 2.00 bits per heavy atom. The van der Waals surface area contributed by atoms with Gasteiger partial charge in [-0.1, -0.05) is 6.07 Å². The molecule has 2 aliphatic heterocycles. The summed E-state index contributed by atoms with van der Waals surface area (Å²) < 4.78 is 19.4. The molecule has 7 heteroatoms. The number of aliphatic imine (C=N–C) groups is 1. The lowest BCUT2D eigenvalue weighted by atomic mass is 10.1. The average molecular weight is 403 g/mol. The molecule has 4 heterocycles. The van der Waals surface area contributed by atoms with Crippen molar-refractivity contribution in [2.24, 2.45) is 4.99 Å². The van der Waals surface area contributed by atoms with Gasteiger partial charge in [0.1, 0.15) is 17.2 Å². The number of fused-ring (bicyclic) bond motifs is 1. The lowest BCUT2D eigenvalue weighted by Crippen LogP contribution is -2.36. The number of rotatable bonds is 4. The third-order valence-corrected chi connectivity index (χ3v) is 5.53. The number of halogens is 1. The van der Waals surface area contributed by atoms with E-state index < -0.39 is 0 Å². The van der Waals surface area contributed by atoms with E-state index in [0.29, 0.717) is 19.8 Å². The number of benzene rings is 1. The molecule has 5 rings (SSSR count). The summed E-state index contributed by atoms with van der Waals surface area (Å²) in [4.78, 5) is 18.2. The highest BCUT2D eigenvalue weighted by Crippen LogP contribution is 2.36. The lowest BCUT2D eigenvalue weighted by molar-refractivity contribution is 0.122. The molecule has 6 nitrogen and oxygen atoms in total. The van der Waals surface area contributed by atoms with Crippen LogP contribution >= 0.6 is 0 Å². The van der Waals surface area contributed by atoms with Crippen LogP contribution in [0.15, 0.2) is 53.7 Å². The van der Waals surface area contributed by atoms with E-state index in [9.17, 15) is 4.39 Å². The van der Waals surface area contributed by atoms with Gasteiger partial charge in [-0.25, -0.2) is 9.37 Å². The lowest BCUT2D eigenvalue weighted by Gasteiger charge is -2.30. The number of allylic oxidation sites excluding steroid dienone is 1. The summed E-state index contributed by atoms with van der Waals surface area (Å²) in [6, 6.07) is 10.7. The molecule has 30 heavy (non-hydrogen) atoms. The number of pyridine rings is 2. The predicted molar refractivity (Wildman–Crippen MR) is 118 cm³/mol. The largest absolute Gasteiger partial charge is 0.378 e. The Morgan fingerprint density at radius 1 is 1.13 bits per heavy atom. The van der Waals surface area contributed by atoms with E-state index in [1.807, 2.05) is 30.2 Å². The molecule has 0 atom stereocenters. The van der Waals surface area contributed by atoms with Crippen LogP contribution in [0.2, 0.25) is 0 Å². The van der Waals surface area contributed by atoms with Gasteiger partial charge in [0.2, 0.25) is 0 Å². The zero-order chi connectivity index (χ0) is 20.5. The number of anilines is 3. The maximum Gasteiger partial charge on any atom is 0.131 e. The number of morpholine rings is 1. The Bertz CT molecular complexity index is 1150. The van der Waals surface area contributed by atoms with E-state index in [2.05, 4.69) is 20.9 Å². The van der Waals surface area contributed by atoms with Crippen LogP contribution in [0, 0.1) is 5.82 Å². The van der Waals surface area contributed by atoms with Crippen LogP contribution in [0.1, 0.15) is 5.69 Å². The van der Waals surface area contributed by atoms with Gasteiger partial charge in [0.25, 0.3) is 0 Å². The Labute approximate surface area is 174 Å². The molecule has 152 valence electrons. The monoisotopic (exact) mass is 403 g/mol. The molecule has 3 aromatic rings. The molecule has 1 fully saturated rings. The van der Waals surface area contributed by atoms with E-state index in [1.54, 1.807) is 18.5 Å². The summed E-state index contributed by atoms with van der Waals surface area (Å²) in [7, 11) is 1.95. The molecule has 1 aromatic carbocycles. The molecule has 0 aliphatic carbocycles. The van der Waals surface area contributed by atoms with E-state index in [1.165, 1.54) is 12.1 Å². The standard InChI is InChI=1S/C23H22FN5O/c1-28(18-4-2-3-17(24)13-18)20-14-21(29-9-11-30-12-10-29)27-23-19(20)6-8-26-22(23)16-5-7-25-15-16/h2-8,13-14H,9-12,15H2,1H3. The van der Waals surface area contributed by atoms with Crippen molar-refractivity contribution in [2.75, 3.05) is 49.7 Å². The Balaban J connectivity index is 1.70. The zero-order valence-electron chi connectivity index (χ0n) is 16.8. The maximum absolute atomic E-state index is 13.9. The van der Waals surface area contributed by atoms with Gasteiger partial charge in [-0.3, -0.25) is 9.98 Å². The minimum absolute atomic E-state index is 0.262. The number of hydrogen-bond donors (Lipinski definition) is 0. The van der Waals surface area contributed by atoms with Crippen LogP contribution < -0.4 is 9.80 Å². The van der Waals surface area contributed by atoms with Crippen molar-refractivity contribution in [3.8, 4) is 0 Å². The van der Waals surface area contributed by atoms with Crippen LogP contribution in [0.3, 0.4) is 0 Å². The van der Waals surface area contributed by atoms with Crippen molar-refractivity contribution < 1.29 is 9.13 Å². The first kappa shape index (κ1) is 18.7. The molecule has 0 saturated carbocycles. The van der Waals surface area contributed by atoms with Gasteiger partial charge in [-0.2, -0.15) is 0 Å². The fraction of sp³-hybridized carbons (Fsp3) is 0.261. The van der Waals surface area contributed by atoms with Gasteiger partial charge < -0.3 is 14.5 Å². The first-order valence-electron chi connectivity index (χ1n) is 10.0. The molecular formula is C23H22FN5O. The molecule has 0 unspecified atom stereocenters. The highest BCUT2D eigenvalue weighted by molar-refractivity contribution is 6.02. The van der Waals surface area contributed by atoms with Crippen molar-refractivity contribution in [3.63, 3.8) is 0 Å². The van der Waals surface area contributed by atoms with Crippen LogP contribution in [0.25, 0.3) is 16.5 Å². The molecule has 0 radical (unpaired) electrons. The van der Waals surface area contributed by atoms with Gasteiger partial charge in [0.05, 0.1) is 31.1 Å². The number of hydrogen-bond acceptors (Lipinski definition) is 6. The highest BCUT2D eigenvalue weighted by Gasteiger charge is 2.20. The predicted octanol–water partition coefficient (Wildman–Crippen LogP) is 3.84. The molecule has 0 spiro atoms. The SMILES string of the molecule is CN(c1cccc(F)c1)c1cc(N2CCOCC2)nc2c(C3=CC=NC3)nccc12. The summed E-state index contributed by atoms with van der Waals surface area (Å²) >= 11 is 0. The molecule has 0 N–H and O–H groups in total. The Morgan fingerprint density at radius 3 is 2.77 bits per heavy atom. The summed E-state index contributed by atoms with van der Waals surface area (Å²) in [5.74, 6) is 0.611. The van der Waals surface area contributed by atoms with Crippen LogP contribution in [0.5, 0.6) is 0 Å². The van der Waals surface area contributed by atoms with Crippen LogP contribution in [-0.2, 0) is 4.74 Å². The Kier molecular flexibility index (Phi) is 4.88. The first-order valence-corrected chi connectivity index (χ1v) is 10.0. The quantitative estimate of drug-likeness (QED) is 0.663. The molecule has 0 bridgehead atoms. The van der Waals surface area contributed by atoms with E-state index in [4.69, 9.17) is 9.72 Å². The molecule has 2 aromatic heterocycles. The van der Waals surface area contributed by atoms with Crippen molar-refractivity contribution in [1.29, 1.82) is 0 Å². The second-order valence-corrected chi connectivity index (χ2v) is 7.38. The summed E-state index contributed by atoms with van der Waals surface area (Å²) in [6.45, 7) is 3.51. The third kappa shape index (κ3) is 3.41. The average Bonchev–Trinajstić information content (AvgIpc) is 3.33. The van der Waals surface area contributed by atoms with E-state index in [-0.39, 0.29) is 5.82 Å². The molecule has 2 aliphatic rings. The van der Waals surface area contributed by atoms with Gasteiger partial charge in [0, 0.05) is 55.3 Å². The van der Waals surface area contributed by atoms with Crippen LogP contribution in [-0.4, -0.2) is 56.1 Å². The Hall–Kier alpha value is -3.32. The van der Waals surface area contributed by atoms with Crippen molar-refractivity contribution in [2.45, 2.75) is 0 Å². The molecular weight excluding hydrogens is 381 g/mol. The van der Waals surface area contributed by atoms with Gasteiger partial charge in [0.15, 0.2) is 0 Å². The smallest absolute Gasteiger partial charge is 0.131 e. The summed E-state index contributed by atoms with van der Waals surface area (Å²) in [5, 5.41) is 0.969. The maximum atomic E-state index is 13.9. The molecule has 0 amide bonds. The normalized spacial score (nSPS) is 16.2. The number of aromatic nitrogens is 2. The van der Waals surface area contributed by atoms with Gasteiger partial charge in [-0.05, 0) is 30.3 Å². The van der Waals surface area contributed by atoms with Crippen molar-refractivity contribution in [3.05, 3.63) is 60.2 Å². The fourth-order valence-corrected chi connectivity index (χ4v) is 3.91. The van der Waals surface area contributed by atoms with Crippen LogP contribution in [0.4, 0.5) is 21.6 Å². The second kappa shape index (κ2) is 7.84. The van der Waals surface area contributed by atoms with E-state index >= 15 is 0 Å². The number of ether oxygens (including phenoxy) is 1. The zero-order valence-corrected chi connectivity index (χ0v) is 16.8. The van der Waals surface area contributed by atoms with E-state index in [0.717, 1.165) is 52.5 Å². The second-order valence-electron chi connectivity index (χ2n) is 7.38. The fourth-order valence-electron chi connectivity index (χ4n) is 3.91. The summed E-state index contributed by atoms with van der Waals surface area (Å²) in [6.07, 6.45) is 5.60. The summed E-state index contributed by atoms with van der Waals surface area (Å²) in [5.41, 5.74) is 4.45. The number of nitrogens with zero attached hydrogens (tertiary/aromatic N) is 5. The minimum atomic E-state index is -0.262. The van der Waals surface area contributed by atoms with Gasteiger partial charge >= 0.3 is 0 Å². The third-order valence-electron chi connectivity index (χ3n) is 5.53. The highest BCUT2D eigenvalue weighted by atomic mass is 19.1. The van der Waals surface area contributed by atoms with Crippen molar-refractivity contribution in [1.82, 2.24) is 9.97 Å². The minimum Gasteiger partial charge on any atom is -0.378 e. The molecule has 1 saturated heterocycles. The topological polar surface area (TPSA) is 53.9 Å². The first-order chi connectivity index (χ1) is 14.7.